The van der Waals surface area contributed by atoms with Crippen molar-refractivity contribution in [3.05, 3.63) is 207 Å². The number of aromatic nitrogens is 3. The minimum atomic E-state index is -0.397. The molecule has 1 aliphatic rings. The Hall–Kier alpha value is -6.69. The van der Waals surface area contributed by atoms with Gasteiger partial charge in [0.05, 0.1) is 16.7 Å². The van der Waals surface area contributed by atoms with E-state index in [1.54, 1.807) is 6.20 Å². The van der Waals surface area contributed by atoms with Crippen LogP contribution in [0.3, 0.4) is 0 Å². The van der Waals surface area contributed by atoms with Crippen LogP contribution in [-0.2, 0) is 21.1 Å². The minimum absolute atomic E-state index is 0. The zero-order valence-electron chi connectivity index (χ0n) is 29.9. The van der Waals surface area contributed by atoms with Crippen LogP contribution in [0.5, 0.6) is 17.2 Å². The van der Waals surface area contributed by atoms with E-state index in [0.717, 1.165) is 61.6 Å². The van der Waals surface area contributed by atoms with E-state index in [4.69, 9.17) is 9.39 Å². The van der Waals surface area contributed by atoms with Gasteiger partial charge >= 0.3 is 7.05 Å². The Bertz CT molecular complexity index is 2740. The molecule has 7 aromatic carbocycles. The summed E-state index contributed by atoms with van der Waals surface area (Å²) in [6.45, 7) is 0. The summed E-state index contributed by atoms with van der Waals surface area (Å²) in [4.78, 5) is 6.72. The average molecular weight is 902 g/mol. The number of hydrogen-bond donors (Lipinski definition) is 0. The van der Waals surface area contributed by atoms with Crippen LogP contribution in [0.15, 0.2) is 188 Å². The van der Waals surface area contributed by atoms with Gasteiger partial charge < -0.3 is 18.8 Å². The third kappa shape index (κ3) is 6.46. The molecule has 0 fully saturated rings. The Kier molecular flexibility index (Phi) is 9.52. The number of pyridine rings is 1. The SMILES string of the molecule is [Pt].[c-]1c(Oc2[c-]c(-n3[c-][n+](-c4c(-c5ccccc5)cccc4-c4ccccc4)c4ccccc43)ccc2)cccc1N1B(c2ccccc2)Oc2cccnc21. The summed E-state index contributed by atoms with van der Waals surface area (Å²) in [5.41, 5.74) is 10.1. The van der Waals surface area contributed by atoms with Gasteiger partial charge in [0, 0.05) is 38.8 Å². The molecule has 10 rings (SSSR count). The number of anilines is 2. The number of para-hydroxylation sites is 3. The van der Waals surface area contributed by atoms with Gasteiger partial charge in [0.25, 0.3) is 6.33 Å². The summed E-state index contributed by atoms with van der Waals surface area (Å²) in [5.74, 6) is 2.54. The largest absolute Gasteiger partial charge is 0.535 e. The van der Waals surface area contributed by atoms with E-state index in [-0.39, 0.29) is 21.1 Å². The van der Waals surface area contributed by atoms with Crippen LogP contribution < -0.4 is 24.2 Å². The Morgan fingerprint density at radius 1 is 0.571 bits per heavy atom. The van der Waals surface area contributed by atoms with Gasteiger partial charge in [-0.1, -0.05) is 139 Å². The zero-order valence-corrected chi connectivity index (χ0v) is 32.2. The van der Waals surface area contributed by atoms with E-state index in [1.807, 2.05) is 88.2 Å². The van der Waals surface area contributed by atoms with Crippen LogP contribution in [0.4, 0.5) is 11.5 Å². The maximum atomic E-state index is 6.49. The summed E-state index contributed by atoms with van der Waals surface area (Å²) in [7, 11) is -0.397. The third-order valence-corrected chi connectivity index (χ3v) is 9.76. The zero-order chi connectivity index (χ0) is 36.6. The van der Waals surface area contributed by atoms with Crippen molar-refractivity contribution in [2.24, 2.45) is 0 Å². The van der Waals surface area contributed by atoms with Gasteiger partial charge in [-0.05, 0) is 45.5 Å². The van der Waals surface area contributed by atoms with Crippen LogP contribution in [-0.4, -0.2) is 16.6 Å². The molecule has 270 valence electrons. The Balaban J connectivity index is 0.00000410. The molecule has 8 heteroatoms. The summed E-state index contributed by atoms with van der Waals surface area (Å²) in [5, 5.41) is 0. The smallest absolute Gasteiger partial charge is 0.523 e. The molecule has 0 spiro atoms. The van der Waals surface area contributed by atoms with Crippen molar-refractivity contribution in [1.82, 2.24) is 9.55 Å². The molecule has 0 bridgehead atoms. The van der Waals surface area contributed by atoms with E-state index in [1.165, 1.54) is 0 Å². The van der Waals surface area contributed by atoms with E-state index in [9.17, 15) is 0 Å². The molecular weight excluding hydrogens is 870 g/mol. The van der Waals surface area contributed by atoms with Gasteiger partial charge in [-0.3, -0.25) is 4.57 Å². The maximum Gasteiger partial charge on any atom is 0.523 e. The van der Waals surface area contributed by atoms with Gasteiger partial charge in [0.2, 0.25) is 0 Å². The van der Waals surface area contributed by atoms with E-state index < -0.39 is 7.05 Å². The molecule has 9 aromatic rings. The minimum Gasteiger partial charge on any atom is -0.535 e. The van der Waals surface area contributed by atoms with Crippen LogP contribution in [0.1, 0.15) is 0 Å². The average Bonchev–Trinajstić information content (AvgIpc) is 3.84. The van der Waals surface area contributed by atoms with Crippen molar-refractivity contribution in [3.63, 3.8) is 0 Å². The second kappa shape index (κ2) is 15.2. The number of benzene rings is 7. The molecule has 0 amide bonds. The molecule has 3 heterocycles. The standard InChI is InChI=1S/C48H31BN4O2.Pt/c1-4-16-35(17-5-1)42-26-14-27-43(36-18-6-2-7-19-36)47(42)52-34-51(44-28-10-11-29-45(44)52)38-22-12-24-40(32-38)54-41-25-13-23-39(33-41)53-48-46(30-15-31-50-48)55-49(53)37-20-8-3-9-21-37;/h1-31H;/q-2;. The normalized spacial score (nSPS) is 11.9. The number of rotatable bonds is 8. The molecule has 0 N–H and O–H groups in total. The van der Waals surface area contributed by atoms with Crippen LogP contribution in [0, 0.1) is 18.5 Å². The fraction of sp³-hybridized carbons (Fsp3) is 0. The van der Waals surface area contributed by atoms with Gasteiger partial charge in [-0.15, -0.1) is 30.3 Å². The van der Waals surface area contributed by atoms with Crippen LogP contribution in [0.2, 0.25) is 0 Å². The summed E-state index contributed by atoms with van der Waals surface area (Å²) >= 11 is 0. The van der Waals surface area contributed by atoms with Gasteiger partial charge in [0.1, 0.15) is 5.75 Å². The first-order valence-corrected chi connectivity index (χ1v) is 18.2. The van der Waals surface area contributed by atoms with Gasteiger partial charge in [-0.25, -0.2) is 4.98 Å². The predicted octanol–water partition coefficient (Wildman–Crippen LogP) is 9.75. The quantitative estimate of drug-likeness (QED) is 0.0867. The van der Waals surface area contributed by atoms with E-state index in [2.05, 4.69) is 131 Å². The molecule has 56 heavy (non-hydrogen) atoms. The van der Waals surface area contributed by atoms with Crippen molar-refractivity contribution >= 4 is 35.1 Å². The number of imidazole rings is 1. The summed E-state index contributed by atoms with van der Waals surface area (Å²) < 4.78 is 17.1. The molecule has 0 unspecified atom stereocenters. The first-order chi connectivity index (χ1) is 27.3. The van der Waals surface area contributed by atoms with Crippen molar-refractivity contribution in [2.45, 2.75) is 0 Å². The maximum absolute atomic E-state index is 6.49. The Labute approximate surface area is 340 Å². The van der Waals surface area contributed by atoms with Crippen LogP contribution >= 0.6 is 0 Å². The molecule has 0 radical (unpaired) electrons. The van der Waals surface area contributed by atoms with Crippen LogP contribution in [0.25, 0.3) is 44.7 Å². The molecule has 2 aromatic heterocycles. The second-order valence-electron chi connectivity index (χ2n) is 13.2. The molecular formula is C48H31BN4O2Pt-2. The van der Waals surface area contributed by atoms with Crippen molar-refractivity contribution < 1.29 is 35.0 Å². The van der Waals surface area contributed by atoms with Gasteiger partial charge in [0.15, 0.2) is 5.82 Å². The topological polar surface area (TPSA) is 43.4 Å². The third-order valence-electron chi connectivity index (χ3n) is 9.76. The second-order valence-corrected chi connectivity index (χ2v) is 13.2. The molecule has 0 aliphatic carbocycles. The number of ether oxygens (including phenoxy) is 1. The predicted molar refractivity (Wildman–Crippen MR) is 218 cm³/mol. The Morgan fingerprint density at radius 2 is 1.16 bits per heavy atom. The van der Waals surface area contributed by atoms with Crippen molar-refractivity contribution in [1.29, 1.82) is 0 Å². The molecule has 0 saturated carbocycles. The summed E-state index contributed by atoms with van der Waals surface area (Å²) in [6, 6.07) is 68.6. The monoisotopic (exact) mass is 901 g/mol. The fourth-order valence-corrected chi connectivity index (χ4v) is 7.29. The first-order valence-electron chi connectivity index (χ1n) is 18.2. The molecule has 0 saturated heterocycles. The molecule has 1 aliphatic heterocycles. The summed E-state index contributed by atoms with van der Waals surface area (Å²) in [6.07, 6.45) is 5.50. The van der Waals surface area contributed by atoms with Crippen molar-refractivity contribution in [2.75, 3.05) is 4.81 Å². The fourth-order valence-electron chi connectivity index (χ4n) is 7.29. The molecule has 6 nitrogen and oxygen atoms in total. The number of fused-ring (bicyclic) bond motifs is 2. The van der Waals surface area contributed by atoms with Gasteiger partial charge in [-0.2, -0.15) is 18.2 Å². The Morgan fingerprint density at radius 3 is 1.86 bits per heavy atom. The first kappa shape index (κ1) is 35.0. The van der Waals surface area contributed by atoms with E-state index in [0.29, 0.717) is 17.2 Å². The molecule has 0 atom stereocenters. The number of hydrogen-bond acceptors (Lipinski definition) is 4. The van der Waals surface area contributed by atoms with E-state index >= 15 is 0 Å². The van der Waals surface area contributed by atoms with Crippen molar-refractivity contribution in [3.8, 4) is 50.9 Å². The number of nitrogens with zero attached hydrogens (tertiary/aromatic N) is 4.